The van der Waals surface area contributed by atoms with Crippen LogP contribution in [0.15, 0.2) is 158 Å². The van der Waals surface area contributed by atoms with Gasteiger partial charge in [-0.15, -0.1) is 0 Å². The molecule has 0 saturated heterocycles. The van der Waals surface area contributed by atoms with Crippen LogP contribution in [0.1, 0.15) is 12.7 Å². The molecule has 0 atom stereocenters. The van der Waals surface area contributed by atoms with Crippen molar-refractivity contribution in [2.24, 2.45) is 0 Å². The van der Waals surface area contributed by atoms with Crippen LogP contribution in [0, 0.1) is 0 Å². The highest BCUT2D eigenvalue weighted by molar-refractivity contribution is 6.04. The van der Waals surface area contributed by atoms with Crippen LogP contribution in [0.4, 0.5) is 0 Å². The predicted molar refractivity (Wildman–Crippen MR) is 191 cm³/mol. The van der Waals surface area contributed by atoms with E-state index in [1.54, 1.807) is 0 Å². The number of aromatic nitrogens is 3. The lowest BCUT2D eigenvalue weighted by Gasteiger charge is -2.13. The topological polar surface area (TPSA) is 38.7 Å². The van der Waals surface area contributed by atoms with Crippen molar-refractivity contribution in [3.8, 4) is 56.2 Å². The van der Waals surface area contributed by atoms with Crippen molar-refractivity contribution in [2.75, 3.05) is 0 Å². The molecule has 0 amide bonds. The van der Waals surface area contributed by atoms with Gasteiger partial charge in [0.1, 0.15) is 5.82 Å². The maximum Gasteiger partial charge on any atom is 0.163 e. The first-order valence-electron chi connectivity index (χ1n) is 15.8. The minimum absolute atomic E-state index is 0.688. The summed E-state index contributed by atoms with van der Waals surface area (Å²) in [6.07, 6.45) is 0.724. The third-order valence-corrected chi connectivity index (χ3v) is 8.64. The van der Waals surface area contributed by atoms with E-state index in [0.29, 0.717) is 11.6 Å². The quantitative estimate of drug-likeness (QED) is 0.194. The summed E-state index contributed by atoms with van der Waals surface area (Å²) in [5.41, 5.74) is 9.15. The SMILES string of the molecule is CCc1nc(-c2cccc(-c3cccc4c(-c5ccccc5)cccc34)c2)nc(-c2ccc3cc(-c4ccccc4)ccc3c2)n1. The van der Waals surface area contributed by atoms with Crippen LogP contribution in [-0.2, 0) is 6.42 Å². The van der Waals surface area contributed by atoms with Crippen LogP contribution in [0.25, 0.3) is 77.7 Å². The van der Waals surface area contributed by atoms with Crippen molar-refractivity contribution in [3.05, 3.63) is 164 Å². The van der Waals surface area contributed by atoms with E-state index in [4.69, 9.17) is 15.0 Å². The average Bonchev–Trinajstić information content (AvgIpc) is 3.14. The second-order valence-electron chi connectivity index (χ2n) is 11.5. The van der Waals surface area contributed by atoms with Gasteiger partial charge in [-0.2, -0.15) is 0 Å². The Morgan fingerprint density at radius 1 is 0.370 bits per heavy atom. The summed E-state index contributed by atoms with van der Waals surface area (Å²) in [4.78, 5) is 14.8. The fraction of sp³-hybridized carbons (Fsp3) is 0.0465. The smallest absolute Gasteiger partial charge is 0.163 e. The van der Waals surface area contributed by atoms with Gasteiger partial charge in [0.25, 0.3) is 0 Å². The Morgan fingerprint density at radius 3 is 1.52 bits per heavy atom. The van der Waals surface area contributed by atoms with Gasteiger partial charge in [0.2, 0.25) is 0 Å². The van der Waals surface area contributed by atoms with Gasteiger partial charge in [0.15, 0.2) is 11.6 Å². The second-order valence-corrected chi connectivity index (χ2v) is 11.5. The van der Waals surface area contributed by atoms with Crippen LogP contribution in [0.3, 0.4) is 0 Å². The molecule has 218 valence electrons. The number of hydrogen-bond donors (Lipinski definition) is 0. The summed E-state index contributed by atoms with van der Waals surface area (Å²) >= 11 is 0. The maximum atomic E-state index is 5.02. The van der Waals surface area contributed by atoms with Crippen molar-refractivity contribution in [1.29, 1.82) is 0 Å². The Morgan fingerprint density at radius 2 is 0.870 bits per heavy atom. The standard InChI is InChI=1S/C43H31N3/c1-2-41-44-42(46-43(45-41)36-25-24-32-26-31(22-23-33(32)27-36)29-12-5-3-6-13-29)35-17-9-16-34(28-35)38-19-11-20-39-37(18-10-21-40(38)39)30-14-7-4-8-15-30/h3-28H,2H2,1H3. The Hall–Kier alpha value is -5.93. The number of rotatable bonds is 6. The summed E-state index contributed by atoms with van der Waals surface area (Å²) < 4.78 is 0. The van der Waals surface area contributed by atoms with Gasteiger partial charge < -0.3 is 0 Å². The monoisotopic (exact) mass is 589 g/mol. The molecule has 0 aliphatic heterocycles. The zero-order valence-electron chi connectivity index (χ0n) is 25.6. The maximum absolute atomic E-state index is 5.02. The van der Waals surface area contributed by atoms with Crippen LogP contribution >= 0.6 is 0 Å². The van der Waals surface area contributed by atoms with Gasteiger partial charge in [0, 0.05) is 17.5 Å². The van der Waals surface area contributed by atoms with Crippen LogP contribution < -0.4 is 0 Å². The molecular formula is C43H31N3. The molecule has 0 fully saturated rings. The molecule has 0 saturated carbocycles. The zero-order chi connectivity index (χ0) is 30.9. The molecule has 0 spiro atoms. The summed E-state index contributed by atoms with van der Waals surface area (Å²) in [5.74, 6) is 2.16. The van der Waals surface area contributed by atoms with Gasteiger partial charge in [-0.25, -0.2) is 15.0 Å². The molecule has 8 rings (SSSR count). The van der Waals surface area contributed by atoms with Crippen LogP contribution in [0.5, 0.6) is 0 Å². The molecule has 0 aliphatic rings. The van der Waals surface area contributed by atoms with Gasteiger partial charge >= 0.3 is 0 Å². The normalized spacial score (nSPS) is 11.2. The summed E-state index contributed by atoms with van der Waals surface area (Å²) in [7, 11) is 0. The van der Waals surface area contributed by atoms with Crippen LogP contribution in [-0.4, -0.2) is 15.0 Å². The van der Waals surface area contributed by atoms with Gasteiger partial charge in [-0.1, -0.05) is 146 Å². The number of aryl methyl sites for hydroxylation is 1. The molecule has 0 N–H and O–H groups in total. The van der Waals surface area contributed by atoms with E-state index in [2.05, 4.69) is 159 Å². The van der Waals surface area contributed by atoms with E-state index in [0.717, 1.165) is 34.3 Å². The average molecular weight is 590 g/mol. The first kappa shape index (κ1) is 27.6. The number of hydrogen-bond acceptors (Lipinski definition) is 3. The number of nitrogens with zero attached hydrogens (tertiary/aromatic N) is 3. The first-order valence-corrected chi connectivity index (χ1v) is 15.8. The lowest BCUT2D eigenvalue weighted by molar-refractivity contribution is 0.910. The number of benzene rings is 7. The van der Waals surface area contributed by atoms with Crippen LogP contribution in [0.2, 0.25) is 0 Å². The molecule has 1 heterocycles. The molecule has 0 aliphatic carbocycles. The lowest BCUT2D eigenvalue weighted by atomic mass is 9.92. The predicted octanol–water partition coefficient (Wildman–Crippen LogP) is 11.1. The third-order valence-electron chi connectivity index (χ3n) is 8.64. The van der Waals surface area contributed by atoms with Crippen molar-refractivity contribution >= 4 is 21.5 Å². The molecule has 7 aromatic carbocycles. The van der Waals surface area contributed by atoms with Crippen molar-refractivity contribution < 1.29 is 0 Å². The fourth-order valence-electron chi connectivity index (χ4n) is 6.29. The van der Waals surface area contributed by atoms with Crippen molar-refractivity contribution in [2.45, 2.75) is 13.3 Å². The Bertz CT molecular complexity index is 2340. The molecule has 3 heteroatoms. The minimum atomic E-state index is 0.688. The molecule has 46 heavy (non-hydrogen) atoms. The molecule has 0 bridgehead atoms. The molecule has 0 radical (unpaired) electrons. The van der Waals surface area contributed by atoms with E-state index in [-0.39, 0.29) is 0 Å². The lowest BCUT2D eigenvalue weighted by Crippen LogP contribution is -2.02. The first-order chi connectivity index (χ1) is 22.7. The highest BCUT2D eigenvalue weighted by Crippen LogP contribution is 2.36. The van der Waals surface area contributed by atoms with E-state index >= 15 is 0 Å². The van der Waals surface area contributed by atoms with Crippen molar-refractivity contribution in [1.82, 2.24) is 15.0 Å². The van der Waals surface area contributed by atoms with Gasteiger partial charge in [-0.05, 0) is 73.1 Å². The molecule has 1 aromatic heterocycles. The largest absolute Gasteiger partial charge is 0.213 e. The second kappa shape index (κ2) is 11.9. The van der Waals surface area contributed by atoms with E-state index in [9.17, 15) is 0 Å². The fourth-order valence-corrected chi connectivity index (χ4v) is 6.29. The van der Waals surface area contributed by atoms with E-state index in [1.807, 2.05) is 6.07 Å². The summed E-state index contributed by atoms with van der Waals surface area (Å²) in [6, 6.07) is 55.8. The van der Waals surface area contributed by atoms with E-state index < -0.39 is 0 Å². The van der Waals surface area contributed by atoms with Gasteiger partial charge in [-0.3, -0.25) is 0 Å². The summed E-state index contributed by atoms with van der Waals surface area (Å²) in [6.45, 7) is 2.09. The highest BCUT2D eigenvalue weighted by Gasteiger charge is 2.13. The Labute approximate surface area is 268 Å². The van der Waals surface area contributed by atoms with Gasteiger partial charge in [0.05, 0.1) is 0 Å². The number of fused-ring (bicyclic) bond motifs is 2. The highest BCUT2D eigenvalue weighted by atomic mass is 15.0. The Kier molecular flexibility index (Phi) is 7.12. The van der Waals surface area contributed by atoms with E-state index in [1.165, 1.54) is 44.0 Å². The zero-order valence-corrected chi connectivity index (χ0v) is 25.6. The molecular weight excluding hydrogens is 558 g/mol. The molecule has 8 aromatic rings. The van der Waals surface area contributed by atoms with Crippen molar-refractivity contribution in [3.63, 3.8) is 0 Å². The molecule has 3 nitrogen and oxygen atoms in total. The minimum Gasteiger partial charge on any atom is -0.213 e. The summed E-state index contributed by atoms with van der Waals surface area (Å²) in [5, 5.41) is 4.80. The third kappa shape index (κ3) is 5.22. The Balaban J connectivity index is 1.18. The molecule has 0 unspecified atom stereocenters.